The van der Waals surface area contributed by atoms with Crippen molar-refractivity contribution in [2.45, 2.75) is 61.4 Å². The van der Waals surface area contributed by atoms with Crippen molar-refractivity contribution in [3.05, 3.63) is 17.7 Å². The number of hydrogen-bond donors (Lipinski definition) is 9. The van der Waals surface area contributed by atoms with E-state index < -0.39 is 103 Å². The Balaban J connectivity index is 0.00000432. The Bertz CT molecular complexity index is 808. The average molecular weight is 516 g/mol. The number of ether oxygens (including phenoxy) is 4. The molecule has 2 saturated heterocycles. The molecule has 2 unspecified atom stereocenters. The van der Waals surface area contributed by atoms with Crippen LogP contribution in [-0.2, 0) is 9.47 Å². The number of phenolic OH excluding ortho intramolecular Hbond substituents is 1. The van der Waals surface area contributed by atoms with Crippen LogP contribution in [0.4, 0.5) is 0 Å². The molecule has 2 fully saturated rings. The maximum atomic E-state index is 11.4. The van der Waals surface area contributed by atoms with Gasteiger partial charge in [0.1, 0.15) is 48.8 Å². The number of aromatic hydroxyl groups is 1. The van der Waals surface area contributed by atoms with Gasteiger partial charge < -0.3 is 74.8 Å². The maximum absolute atomic E-state index is 11.4. The molecule has 35 heavy (non-hydrogen) atoms. The second-order valence-electron chi connectivity index (χ2n) is 7.74. The van der Waals surface area contributed by atoms with Crippen LogP contribution in [0.5, 0.6) is 17.2 Å². The molecule has 0 aliphatic carbocycles. The predicted molar refractivity (Wildman–Crippen MR) is 101 cm³/mol. The molecule has 1 aromatic rings. The zero-order chi connectivity index (χ0) is 25.3. The second kappa shape index (κ2) is 12.3. The van der Waals surface area contributed by atoms with Crippen LogP contribution >= 0.6 is 0 Å². The third kappa shape index (κ3) is 6.16. The number of carboxylic acid groups (broad SMARTS) is 1. The van der Waals surface area contributed by atoms with Crippen molar-refractivity contribution in [1.82, 2.24) is 0 Å². The minimum absolute atomic E-state index is 0. The molecule has 0 amide bonds. The molecule has 0 aromatic heterocycles. The third-order valence-electron chi connectivity index (χ3n) is 5.46. The predicted octanol–water partition coefficient (Wildman–Crippen LogP) is -8.88. The monoisotopic (exact) mass is 516 g/mol. The van der Waals surface area contributed by atoms with E-state index in [9.17, 15) is 55.9 Å². The van der Waals surface area contributed by atoms with Crippen LogP contribution in [0, 0.1) is 0 Å². The summed E-state index contributed by atoms with van der Waals surface area (Å²) in [5.74, 6) is -4.02. The summed E-state index contributed by atoms with van der Waals surface area (Å²) < 4.78 is 20.8. The topological polar surface area (TPSA) is 259 Å². The zero-order valence-electron chi connectivity index (χ0n) is 18.3. The van der Waals surface area contributed by atoms with Gasteiger partial charge in [-0.2, -0.15) is 0 Å². The second-order valence-corrected chi connectivity index (χ2v) is 7.74. The maximum Gasteiger partial charge on any atom is 1.00 e. The van der Waals surface area contributed by atoms with Crippen LogP contribution < -0.4 is 44.1 Å². The Morgan fingerprint density at radius 3 is 1.46 bits per heavy atom. The zero-order valence-corrected chi connectivity index (χ0v) is 20.3. The molecule has 9 N–H and O–H groups in total. The number of phenols is 1. The number of rotatable bonds is 7. The first-order chi connectivity index (χ1) is 16.0. The molecule has 3 rings (SSSR count). The normalized spacial score (nSPS) is 37.3. The molecule has 0 saturated carbocycles. The number of aromatic carboxylic acids is 1. The molecule has 1 aromatic carbocycles. The van der Waals surface area contributed by atoms with Crippen molar-refractivity contribution in [3.63, 3.8) is 0 Å². The number of aliphatic hydroxyl groups excluding tert-OH is 8. The minimum atomic E-state index is -1.89. The summed E-state index contributed by atoms with van der Waals surface area (Å²) in [6, 6.07) is 1.51. The van der Waals surface area contributed by atoms with Crippen molar-refractivity contribution in [2.24, 2.45) is 0 Å². The Morgan fingerprint density at radius 2 is 1.14 bits per heavy atom. The van der Waals surface area contributed by atoms with Crippen LogP contribution in [0.2, 0.25) is 0 Å². The molecule has 2 aliphatic rings. The van der Waals surface area contributed by atoms with E-state index in [4.69, 9.17) is 18.9 Å². The molecule has 192 valence electrons. The SMILES string of the molecule is O=C([O-])c1cc(OC2O[C@H](CO)[C@@H](O)[C@H](O)[C@H]2O)c(O)c(OC2O[C@H](CO)[C@@H](O)[C@H](O)[C@H]2O)c1.[Na+]. The van der Waals surface area contributed by atoms with Crippen molar-refractivity contribution in [2.75, 3.05) is 13.2 Å². The van der Waals surface area contributed by atoms with Gasteiger partial charge in [0.25, 0.3) is 0 Å². The van der Waals surface area contributed by atoms with E-state index in [1.54, 1.807) is 0 Å². The fraction of sp³-hybridized carbons (Fsp3) is 0.632. The fourth-order valence-corrected chi connectivity index (χ4v) is 3.46. The molecule has 0 radical (unpaired) electrons. The fourth-order valence-electron chi connectivity index (χ4n) is 3.46. The van der Waals surface area contributed by atoms with Crippen LogP contribution in [0.15, 0.2) is 12.1 Å². The Hall–Kier alpha value is -1.31. The summed E-state index contributed by atoms with van der Waals surface area (Å²) >= 11 is 0. The van der Waals surface area contributed by atoms with Gasteiger partial charge in [0.05, 0.1) is 19.2 Å². The first-order valence-corrected chi connectivity index (χ1v) is 10.0. The Kier molecular flexibility index (Phi) is 10.5. The summed E-state index contributed by atoms with van der Waals surface area (Å²) in [6.07, 6.45) is -17.1. The van der Waals surface area contributed by atoms with E-state index in [2.05, 4.69) is 0 Å². The third-order valence-corrected chi connectivity index (χ3v) is 5.46. The summed E-state index contributed by atoms with van der Waals surface area (Å²) in [4.78, 5) is 11.4. The van der Waals surface area contributed by atoms with Gasteiger partial charge in [-0.3, -0.25) is 0 Å². The van der Waals surface area contributed by atoms with Gasteiger partial charge in [-0.15, -0.1) is 0 Å². The van der Waals surface area contributed by atoms with Gasteiger partial charge in [0.2, 0.25) is 18.3 Å². The first-order valence-electron chi connectivity index (χ1n) is 10.0. The van der Waals surface area contributed by atoms with E-state index in [0.717, 1.165) is 12.1 Å². The average Bonchev–Trinajstić information content (AvgIpc) is 2.81. The molecule has 2 heterocycles. The number of carbonyl (C=O) groups is 1. The first kappa shape index (κ1) is 29.9. The summed E-state index contributed by atoms with van der Waals surface area (Å²) in [5, 5.41) is 100. The van der Waals surface area contributed by atoms with E-state index in [-0.39, 0.29) is 29.6 Å². The van der Waals surface area contributed by atoms with Crippen molar-refractivity contribution in [1.29, 1.82) is 0 Å². The van der Waals surface area contributed by atoms with Crippen LogP contribution in [0.3, 0.4) is 0 Å². The van der Waals surface area contributed by atoms with Crippen molar-refractivity contribution in [3.8, 4) is 17.2 Å². The van der Waals surface area contributed by atoms with Crippen LogP contribution in [0.25, 0.3) is 0 Å². The quantitative estimate of drug-likeness (QED) is 0.152. The molecule has 15 nitrogen and oxygen atoms in total. The molecule has 16 heteroatoms. The Labute approximate surface area is 219 Å². The van der Waals surface area contributed by atoms with E-state index >= 15 is 0 Å². The molecule has 0 spiro atoms. The summed E-state index contributed by atoms with van der Waals surface area (Å²) in [6.45, 7) is -1.55. The van der Waals surface area contributed by atoms with Gasteiger partial charge in [-0.1, -0.05) is 0 Å². The molecular weight excluding hydrogens is 491 g/mol. The minimum Gasteiger partial charge on any atom is -0.545 e. The van der Waals surface area contributed by atoms with Crippen molar-refractivity contribution < 1.29 is 104 Å². The van der Waals surface area contributed by atoms with Gasteiger partial charge >= 0.3 is 29.6 Å². The van der Waals surface area contributed by atoms with Gasteiger partial charge in [0.15, 0.2) is 11.5 Å². The van der Waals surface area contributed by atoms with E-state index in [0.29, 0.717) is 0 Å². The molecule has 10 atom stereocenters. The summed E-state index contributed by atoms with van der Waals surface area (Å²) in [7, 11) is 0. The van der Waals surface area contributed by atoms with E-state index in [1.165, 1.54) is 0 Å². The van der Waals surface area contributed by atoms with Gasteiger partial charge in [-0.05, 0) is 12.1 Å². The van der Waals surface area contributed by atoms with Crippen LogP contribution in [0.1, 0.15) is 10.4 Å². The van der Waals surface area contributed by atoms with Gasteiger partial charge in [0, 0.05) is 5.56 Å². The molecular formula is C19H25NaO15. The smallest absolute Gasteiger partial charge is 0.545 e. The standard InChI is InChI=1S/C19H26O15.Na/c20-3-8-11(23)13(25)15(27)18(33-8)31-6-1-5(17(29)30)2-7(10(6)22)32-19-16(28)14(26)12(24)9(4-21)34-19;/h1-2,8-9,11-16,18-28H,3-4H2,(H,29,30);/q;+1/p-1/t8-,9-,11-,12-,13+,14+,15-,16-,18?,19?;/m1./s1. The summed E-state index contributed by atoms with van der Waals surface area (Å²) in [5.41, 5.74) is -0.628. The number of carbonyl (C=O) groups excluding carboxylic acids is 1. The van der Waals surface area contributed by atoms with Crippen molar-refractivity contribution >= 4 is 5.97 Å². The number of benzene rings is 1. The van der Waals surface area contributed by atoms with Crippen LogP contribution in [-0.4, -0.2) is 127 Å². The van der Waals surface area contributed by atoms with E-state index in [1.807, 2.05) is 0 Å². The molecule has 2 aliphatic heterocycles. The number of aliphatic hydroxyl groups is 8. The molecule has 0 bridgehead atoms. The number of carboxylic acids is 1. The van der Waals surface area contributed by atoms with Gasteiger partial charge in [-0.25, -0.2) is 0 Å². The Morgan fingerprint density at radius 1 is 0.771 bits per heavy atom. The number of hydrogen-bond acceptors (Lipinski definition) is 15. The largest absolute Gasteiger partial charge is 1.00 e.